The molecule has 0 aliphatic carbocycles. The van der Waals surface area contributed by atoms with Gasteiger partial charge in [-0.1, -0.05) is 58.3 Å². The number of aliphatic hydroxyl groups is 2. The van der Waals surface area contributed by atoms with Gasteiger partial charge in [0.15, 0.2) is 6.29 Å². The lowest BCUT2D eigenvalue weighted by Gasteiger charge is -2.14. The first kappa shape index (κ1) is 16.9. The highest BCUT2D eigenvalue weighted by atomic mass is 16.6. The molecule has 0 saturated carbocycles. The Morgan fingerprint density at radius 2 is 1.29 bits per heavy atom. The Balaban J connectivity index is 3.03. The van der Waals surface area contributed by atoms with Crippen LogP contribution in [0.15, 0.2) is 0 Å². The third-order valence-electron chi connectivity index (χ3n) is 2.95. The summed E-state index contributed by atoms with van der Waals surface area (Å²) < 4.78 is 5.07. The molecule has 17 heavy (non-hydrogen) atoms. The highest BCUT2D eigenvalue weighted by molar-refractivity contribution is 4.50. The van der Waals surface area contributed by atoms with Gasteiger partial charge in [-0.05, 0) is 13.3 Å². The third-order valence-corrected chi connectivity index (χ3v) is 2.95. The molecule has 2 atom stereocenters. The number of aliphatic hydroxyl groups excluding tert-OH is 2. The molecule has 2 N–H and O–H groups in total. The molecule has 3 heteroatoms. The van der Waals surface area contributed by atoms with Crippen molar-refractivity contribution in [1.29, 1.82) is 0 Å². The van der Waals surface area contributed by atoms with Gasteiger partial charge in [-0.25, -0.2) is 0 Å². The molecule has 3 nitrogen and oxygen atoms in total. The van der Waals surface area contributed by atoms with Crippen molar-refractivity contribution >= 4 is 0 Å². The molecule has 0 heterocycles. The van der Waals surface area contributed by atoms with E-state index in [1.165, 1.54) is 51.9 Å². The summed E-state index contributed by atoms with van der Waals surface area (Å²) in [6, 6.07) is 0. The molecule has 0 rings (SSSR count). The Morgan fingerprint density at radius 3 is 1.76 bits per heavy atom. The van der Waals surface area contributed by atoms with E-state index >= 15 is 0 Å². The maximum atomic E-state index is 9.18. The van der Waals surface area contributed by atoms with Gasteiger partial charge in [0.25, 0.3) is 0 Å². The molecule has 0 fully saturated rings. The second-order valence-corrected chi connectivity index (χ2v) is 4.83. The van der Waals surface area contributed by atoms with E-state index in [0.29, 0.717) is 6.61 Å². The van der Waals surface area contributed by atoms with E-state index < -0.39 is 12.4 Å². The molecular weight excluding hydrogens is 216 g/mol. The van der Waals surface area contributed by atoms with Crippen LogP contribution in [0.5, 0.6) is 0 Å². The average Bonchev–Trinajstić information content (AvgIpc) is 2.31. The number of rotatable bonds is 12. The van der Waals surface area contributed by atoms with Crippen molar-refractivity contribution in [3.05, 3.63) is 0 Å². The predicted octanol–water partition coefficient (Wildman–Crippen LogP) is 3.23. The SMILES string of the molecule is CCCCCCCCCCCOC(O)C(C)O. The van der Waals surface area contributed by atoms with E-state index in [1.807, 2.05) is 0 Å². The summed E-state index contributed by atoms with van der Waals surface area (Å²) in [6.07, 6.45) is 9.62. The van der Waals surface area contributed by atoms with Crippen LogP contribution in [0.3, 0.4) is 0 Å². The van der Waals surface area contributed by atoms with Gasteiger partial charge in [-0.2, -0.15) is 0 Å². The van der Waals surface area contributed by atoms with Crippen LogP contribution in [-0.4, -0.2) is 29.2 Å². The van der Waals surface area contributed by atoms with Gasteiger partial charge >= 0.3 is 0 Å². The number of hydrogen-bond donors (Lipinski definition) is 2. The van der Waals surface area contributed by atoms with Gasteiger partial charge in [-0.15, -0.1) is 0 Å². The van der Waals surface area contributed by atoms with E-state index in [4.69, 9.17) is 9.84 Å². The van der Waals surface area contributed by atoms with Crippen LogP contribution < -0.4 is 0 Å². The summed E-state index contributed by atoms with van der Waals surface area (Å²) >= 11 is 0. The minimum Gasteiger partial charge on any atom is -0.388 e. The minimum absolute atomic E-state index is 0.544. The van der Waals surface area contributed by atoms with Crippen LogP contribution in [0.1, 0.15) is 71.6 Å². The minimum atomic E-state index is -1.02. The Morgan fingerprint density at radius 1 is 0.824 bits per heavy atom. The largest absolute Gasteiger partial charge is 0.388 e. The zero-order valence-electron chi connectivity index (χ0n) is 11.5. The lowest BCUT2D eigenvalue weighted by molar-refractivity contribution is -0.156. The van der Waals surface area contributed by atoms with Crippen LogP contribution >= 0.6 is 0 Å². The van der Waals surface area contributed by atoms with E-state index in [2.05, 4.69) is 6.92 Å². The fourth-order valence-corrected chi connectivity index (χ4v) is 1.76. The molecule has 0 aromatic heterocycles. The van der Waals surface area contributed by atoms with Crippen LogP contribution in [0.4, 0.5) is 0 Å². The van der Waals surface area contributed by atoms with Crippen molar-refractivity contribution < 1.29 is 14.9 Å². The molecule has 0 aliphatic heterocycles. The van der Waals surface area contributed by atoms with Crippen molar-refractivity contribution in [3.63, 3.8) is 0 Å². The molecule has 0 amide bonds. The standard InChI is InChI=1S/C14H30O3/c1-3-4-5-6-7-8-9-10-11-12-17-14(16)13(2)15/h13-16H,3-12H2,1-2H3. The Bertz CT molecular complexity index is 148. The summed E-state index contributed by atoms with van der Waals surface area (Å²) in [5, 5.41) is 18.2. The van der Waals surface area contributed by atoms with Crippen LogP contribution in [0.2, 0.25) is 0 Å². The number of unbranched alkanes of at least 4 members (excludes halogenated alkanes) is 8. The quantitative estimate of drug-likeness (QED) is 0.410. The summed E-state index contributed by atoms with van der Waals surface area (Å²) in [4.78, 5) is 0. The summed E-state index contributed by atoms with van der Waals surface area (Å²) in [7, 11) is 0. The molecule has 104 valence electrons. The third kappa shape index (κ3) is 12.1. The highest BCUT2D eigenvalue weighted by Gasteiger charge is 2.09. The molecule has 0 spiro atoms. The molecule has 0 radical (unpaired) electrons. The van der Waals surface area contributed by atoms with Crippen LogP contribution in [-0.2, 0) is 4.74 Å². The van der Waals surface area contributed by atoms with Gasteiger partial charge in [0.05, 0.1) is 0 Å². The van der Waals surface area contributed by atoms with Crippen molar-refractivity contribution in [3.8, 4) is 0 Å². The maximum absolute atomic E-state index is 9.18. The monoisotopic (exact) mass is 246 g/mol. The topological polar surface area (TPSA) is 49.7 Å². The molecule has 0 bridgehead atoms. The second kappa shape index (κ2) is 12.3. The second-order valence-electron chi connectivity index (χ2n) is 4.83. The smallest absolute Gasteiger partial charge is 0.180 e. The summed E-state index contributed by atoms with van der Waals surface area (Å²) in [5.41, 5.74) is 0. The normalized spacial score (nSPS) is 14.8. The van der Waals surface area contributed by atoms with Crippen molar-refractivity contribution in [2.75, 3.05) is 6.61 Å². The Kier molecular flexibility index (Phi) is 12.3. The first-order valence-corrected chi connectivity index (χ1v) is 7.16. The fraction of sp³-hybridized carbons (Fsp3) is 1.00. The zero-order chi connectivity index (χ0) is 12.9. The maximum Gasteiger partial charge on any atom is 0.180 e. The molecule has 0 saturated heterocycles. The number of hydrogen-bond acceptors (Lipinski definition) is 3. The summed E-state index contributed by atoms with van der Waals surface area (Å²) in [6.45, 7) is 4.31. The van der Waals surface area contributed by atoms with E-state index in [1.54, 1.807) is 0 Å². The first-order valence-electron chi connectivity index (χ1n) is 7.16. The van der Waals surface area contributed by atoms with Crippen molar-refractivity contribution in [2.24, 2.45) is 0 Å². The zero-order valence-corrected chi connectivity index (χ0v) is 11.5. The Hall–Kier alpha value is -0.120. The van der Waals surface area contributed by atoms with Gasteiger partial charge < -0.3 is 14.9 Å². The highest BCUT2D eigenvalue weighted by Crippen LogP contribution is 2.09. The van der Waals surface area contributed by atoms with E-state index in [-0.39, 0.29) is 0 Å². The van der Waals surface area contributed by atoms with Crippen LogP contribution in [0.25, 0.3) is 0 Å². The molecule has 0 aromatic carbocycles. The Labute approximate surface area is 106 Å². The lowest BCUT2D eigenvalue weighted by atomic mass is 10.1. The first-order chi connectivity index (χ1) is 8.18. The average molecular weight is 246 g/mol. The van der Waals surface area contributed by atoms with Gasteiger partial charge in [-0.3, -0.25) is 0 Å². The molecule has 0 aromatic rings. The molecular formula is C14H30O3. The molecule has 2 unspecified atom stereocenters. The fourth-order valence-electron chi connectivity index (χ4n) is 1.76. The van der Waals surface area contributed by atoms with Crippen molar-refractivity contribution in [1.82, 2.24) is 0 Å². The van der Waals surface area contributed by atoms with E-state index in [0.717, 1.165) is 12.8 Å². The molecule has 0 aliphatic rings. The van der Waals surface area contributed by atoms with Gasteiger partial charge in [0, 0.05) is 6.61 Å². The predicted molar refractivity (Wildman–Crippen MR) is 70.9 cm³/mol. The number of ether oxygens (including phenoxy) is 1. The lowest BCUT2D eigenvalue weighted by Crippen LogP contribution is -2.26. The summed E-state index contributed by atoms with van der Waals surface area (Å²) in [5.74, 6) is 0. The van der Waals surface area contributed by atoms with Crippen LogP contribution in [0, 0.1) is 0 Å². The van der Waals surface area contributed by atoms with Gasteiger partial charge in [0.2, 0.25) is 0 Å². The van der Waals surface area contributed by atoms with Crippen molar-refractivity contribution in [2.45, 2.75) is 84.0 Å². The van der Waals surface area contributed by atoms with Gasteiger partial charge in [0.1, 0.15) is 6.10 Å². The van der Waals surface area contributed by atoms with E-state index in [9.17, 15) is 5.11 Å².